The van der Waals surface area contributed by atoms with E-state index in [-0.39, 0.29) is 29.1 Å². The van der Waals surface area contributed by atoms with Crippen LogP contribution in [0.25, 0.3) is 10.9 Å². The molecule has 0 atom stereocenters. The lowest BCUT2D eigenvalue weighted by molar-refractivity contribution is -0.130. The number of halogens is 4. The van der Waals surface area contributed by atoms with E-state index in [0.717, 1.165) is 3.97 Å². The van der Waals surface area contributed by atoms with Gasteiger partial charge in [-0.05, 0) is 30.3 Å². The summed E-state index contributed by atoms with van der Waals surface area (Å²) in [4.78, 5) is 27.1. The molecule has 1 aromatic heterocycles. The highest BCUT2D eigenvalue weighted by Crippen LogP contribution is 2.35. The number of aromatic nitrogens is 1. The standard InChI is InChI=1S/C22H19Cl4N3O5S/c1-34-20-5-3-16(11-19(20)27-6-8-28(9-7-27)21(31)22(24,25)26)35(32,33)29-12-14(13-30)17-4-2-15(23)10-18(17)29/h2-5,10-13H,6-9H2,1H3. The lowest BCUT2D eigenvalue weighted by Crippen LogP contribution is -2.51. The fourth-order valence-corrected chi connectivity index (χ4v) is 5.93. The summed E-state index contributed by atoms with van der Waals surface area (Å²) in [7, 11) is -2.62. The second kappa shape index (κ2) is 9.71. The van der Waals surface area contributed by atoms with Crippen molar-refractivity contribution in [1.29, 1.82) is 0 Å². The van der Waals surface area contributed by atoms with Crippen molar-refractivity contribution in [2.24, 2.45) is 0 Å². The molecule has 2 aromatic carbocycles. The van der Waals surface area contributed by atoms with Crippen molar-refractivity contribution in [2.75, 3.05) is 38.2 Å². The molecule has 0 bridgehead atoms. The molecule has 1 saturated heterocycles. The maximum Gasteiger partial charge on any atom is 0.274 e. The maximum absolute atomic E-state index is 13.6. The van der Waals surface area contributed by atoms with Crippen LogP contribution in [0.4, 0.5) is 5.69 Å². The number of piperazine rings is 1. The number of aldehydes is 1. The van der Waals surface area contributed by atoms with E-state index >= 15 is 0 Å². The van der Waals surface area contributed by atoms with Gasteiger partial charge in [0, 0.05) is 48.3 Å². The van der Waals surface area contributed by atoms with Gasteiger partial charge in [-0.2, -0.15) is 0 Å². The third-order valence-electron chi connectivity index (χ3n) is 5.75. The Morgan fingerprint density at radius 3 is 2.34 bits per heavy atom. The summed E-state index contributed by atoms with van der Waals surface area (Å²) in [5.41, 5.74) is 1.04. The molecule has 0 saturated carbocycles. The van der Waals surface area contributed by atoms with Crippen LogP contribution in [0.15, 0.2) is 47.5 Å². The number of amides is 1. The highest BCUT2D eigenvalue weighted by atomic mass is 35.6. The fraction of sp³-hybridized carbons (Fsp3) is 0.273. The normalized spacial score (nSPS) is 14.9. The summed E-state index contributed by atoms with van der Waals surface area (Å²) in [5.74, 6) is -0.159. The topological polar surface area (TPSA) is 88.9 Å². The molecule has 1 amide bonds. The predicted octanol–water partition coefficient (Wildman–Crippen LogP) is 4.37. The SMILES string of the molecule is COc1ccc(S(=O)(=O)n2cc(C=O)c3ccc(Cl)cc32)cc1N1CCN(C(=O)C(Cl)(Cl)Cl)CC1. The molecule has 0 aliphatic carbocycles. The molecular formula is C22H19Cl4N3O5S. The zero-order chi connectivity index (χ0) is 25.5. The zero-order valence-electron chi connectivity index (χ0n) is 18.3. The number of carbonyl (C=O) groups excluding carboxylic acids is 2. The van der Waals surface area contributed by atoms with Crippen LogP contribution in [0.5, 0.6) is 5.75 Å². The number of anilines is 1. The van der Waals surface area contributed by atoms with Crippen molar-refractivity contribution in [1.82, 2.24) is 8.87 Å². The minimum absolute atomic E-state index is 0.0116. The Hall–Kier alpha value is -2.17. The highest BCUT2D eigenvalue weighted by molar-refractivity contribution is 7.90. The average molecular weight is 579 g/mol. The minimum atomic E-state index is -4.10. The first-order chi connectivity index (χ1) is 16.5. The second-order valence-corrected chi connectivity index (χ2v) is 12.3. The Kier molecular flexibility index (Phi) is 7.19. The molecule has 3 aromatic rings. The first-order valence-corrected chi connectivity index (χ1v) is 13.2. The monoisotopic (exact) mass is 577 g/mol. The van der Waals surface area contributed by atoms with Crippen molar-refractivity contribution < 1.29 is 22.7 Å². The average Bonchev–Trinajstić information content (AvgIpc) is 3.21. The Labute approximate surface area is 221 Å². The van der Waals surface area contributed by atoms with E-state index in [1.54, 1.807) is 18.2 Å². The van der Waals surface area contributed by atoms with Gasteiger partial charge in [-0.15, -0.1) is 0 Å². The molecule has 1 fully saturated rings. The first kappa shape index (κ1) is 25.9. The van der Waals surface area contributed by atoms with E-state index in [4.69, 9.17) is 51.1 Å². The number of benzene rings is 2. The van der Waals surface area contributed by atoms with Gasteiger partial charge in [0.1, 0.15) is 5.75 Å². The summed E-state index contributed by atoms with van der Waals surface area (Å²) in [6.07, 6.45) is 1.87. The molecule has 13 heteroatoms. The fourth-order valence-electron chi connectivity index (χ4n) is 4.01. The number of hydrogen-bond donors (Lipinski definition) is 0. The Morgan fingerprint density at radius 2 is 1.74 bits per heavy atom. The van der Waals surface area contributed by atoms with Crippen molar-refractivity contribution >= 4 is 85.2 Å². The highest BCUT2D eigenvalue weighted by Gasteiger charge is 2.37. The van der Waals surface area contributed by atoms with Crippen LogP contribution in [0.1, 0.15) is 10.4 Å². The molecule has 1 aliphatic rings. The van der Waals surface area contributed by atoms with Crippen molar-refractivity contribution in [3.8, 4) is 5.75 Å². The molecule has 0 N–H and O–H groups in total. The zero-order valence-corrected chi connectivity index (χ0v) is 22.1. The number of carbonyl (C=O) groups is 2. The van der Waals surface area contributed by atoms with Crippen LogP contribution in [-0.4, -0.2) is 66.6 Å². The molecule has 2 heterocycles. The number of rotatable bonds is 5. The van der Waals surface area contributed by atoms with Gasteiger partial charge in [0.2, 0.25) is 0 Å². The minimum Gasteiger partial charge on any atom is -0.495 e. The van der Waals surface area contributed by atoms with E-state index in [2.05, 4.69) is 0 Å². The van der Waals surface area contributed by atoms with Gasteiger partial charge < -0.3 is 14.5 Å². The number of nitrogens with zero attached hydrogens (tertiary/aromatic N) is 3. The van der Waals surface area contributed by atoms with Crippen LogP contribution < -0.4 is 9.64 Å². The van der Waals surface area contributed by atoms with Crippen molar-refractivity contribution in [3.05, 3.63) is 53.2 Å². The van der Waals surface area contributed by atoms with Gasteiger partial charge in [-0.1, -0.05) is 52.5 Å². The van der Waals surface area contributed by atoms with E-state index in [1.165, 1.54) is 36.4 Å². The van der Waals surface area contributed by atoms with Gasteiger partial charge in [0.05, 0.1) is 23.2 Å². The Bertz CT molecular complexity index is 1410. The van der Waals surface area contributed by atoms with Crippen LogP contribution >= 0.6 is 46.4 Å². The molecule has 0 radical (unpaired) electrons. The van der Waals surface area contributed by atoms with Crippen LogP contribution in [0.3, 0.4) is 0 Å². The molecule has 0 spiro atoms. The summed E-state index contributed by atoms with van der Waals surface area (Å²) in [6, 6.07) is 9.17. The van der Waals surface area contributed by atoms with Gasteiger partial charge in [0.15, 0.2) is 6.29 Å². The van der Waals surface area contributed by atoms with Crippen LogP contribution in [0.2, 0.25) is 5.02 Å². The maximum atomic E-state index is 13.6. The number of methoxy groups -OCH3 is 1. The number of hydrogen-bond acceptors (Lipinski definition) is 6. The lowest BCUT2D eigenvalue weighted by Gasteiger charge is -2.37. The van der Waals surface area contributed by atoms with Gasteiger partial charge in [-0.3, -0.25) is 9.59 Å². The number of fused-ring (bicyclic) bond motifs is 1. The van der Waals surface area contributed by atoms with Crippen LogP contribution in [0, 0.1) is 0 Å². The van der Waals surface area contributed by atoms with Gasteiger partial charge in [0.25, 0.3) is 19.7 Å². The van der Waals surface area contributed by atoms with E-state index < -0.39 is 19.7 Å². The van der Waals surface area contributed by atoms with E-state index in [9.17, 15) is 18.0 Å². The third kappa shape index (κ3) is 4.93. The molecule has 4 rings (SSSR count). The summed E-state index contributed by atoms with van der Waals surface area (Å²) in [5, 5.41) is 0.804. The van der Waals surface area contributed by atoms with E-state index in [0.29, 0.717) is 41.2 Å². The lowest BCUT2D eigenvalue weighted by atomic mass is 10.2. The van der Waals surface area contributed by atoms with Crippen molar-refractivity contribution in [2.45, 2.75) is 8.69 Å². The van der Waals surface area contributed by atoms with Crippen molar-refractivity contribution in [3.63, 3.8) is 0 Å². The molecule has 8 nitrogen and oxygen atoms in total. The van der Waals surface area contributed by atoms with Gasteiger partial charge >= 0.3 is 0 Å². The van der Waals surface area contributed by atoms with E-state index in [1.807, 2.05) is 4.90 Å². The number of ether oxygens (including phenoxy) is 1. The first-order valence-electron chi connectivity index (χ1n) is 10.3. The predicted molar refractivity (Wildman–Crippen MR) is 137 cm³/mol. The third-order valence-corrected chi connectivity index (χ3v) is 8.14. The molecule has 186 valence electrons. The molecular weight excluding hydrogens is 560 g/mol. The molecule has 35 heavy (non-hydrogen) atoms. The molecule has 1 aliphatic heterocycles. The summed E-state index contributed by atoms with van der Waals surface area (Å²) >= 11 is 23.2. The Balaban J connectivity index is 1.71. The quantitative estimate of drug-likeness (QED) is 0.330. The number of alkyl halides is 3. The molecule has 0 unspecified atom stereocenters. The summed E-state index contributed by atoms with van der Waals surface area (Å²) < 4.78 is 31.7. The Morgan fingerprint density at radius 1 is 1.06 bits per heavy atom. The smallest absolute Gasteiger partial charge is 0.274 e. The van der Waals surface area contributed by atoms with Crippen LogP contribution in [-0.2, 0) is 14.8 Å². The second-order valence-electron chi connectivity index (χ2n) is 7.78. The van der Waals surface area contributed by atoms with Gasteiger partial charge in [-0.25, -0.2) is 12.4 Å². The summed E-state index contributed by atoms with van der Waals surface area (Å²) in [6.45, 7) is 1.28. The largest absolute Gasteiger partial charge is 0.495 e.